The topological polar surface area (TPSA) is 161 Å². The van der Waals surface area contributed by atoms with Crippen LogP contribution in [0.1, 0.15) is 5.56 Å². The summed E-state index contributed by atoms with van der Waals surface area (Å²) < 4.78 is 27.3. The van der Waals surface area contributed by atoms with Crippen molar-refractivity contribution < 1.29 is 32.8 Å². The number of carbonyl (C=O) groups excluding carboxylic acids is 1. The Hall–Kier alpha value is -3.98. The van der Waals surface area contributed by atoms with Crippen LogP contribution in [-0.4, -0.2) is 15.9 Å². The number of benzene rings is 3. The number of rotatable bonds is 7. The number of phenols is 1. The molecule has 4 rings (SSSR count). The van der Waals surface area contributed by atoms with Crippen molar-refractivity contribution in [3.63, 3.8) is 0 Å². The van der Waals surface area contributed by atoms with Crippen LogP contribution < -0.4 is 25.7 Å². The third-order valence-corrected chi connectivity index (χ3v) is 5.89. The van der Waals surface area contributed by atoms with Gasteiger partial charge in [-0.25, -0.2) is 9.36 Å². The van der Waals surface area contributed by atoms with E-state index in [1.54, 1.807) is 0 Å². The monoisotopic (exact) mass is 516 g/mol. The number of amides is 1. The first-order valence-corrected chi connectivity index (χ1v) is 11.9. The highest BCUT2D eigenvalue weighted by Crippen LogP contribution is 2.44. The molecule has 4 aromatic rings. The van der Waals surface area contributed by atoms with E-state index in [4.69, 9.17) is 30.8 Å². The predicted octanol–water partition coefficient (Wildman–Crippen LogP) is 4.47. The van der Waals surface area contributed by atoms with Gasteiger partial charge in [-0.2, -0.15) is 0 Å². The van der Waals surface area contributed by atoms with Gasteiger partial charge >= 0.3 is 13.4 Å². The fourth-order valence-electron chi connectivity index (χ4n) is 3.17. The van der Waals surface area contributed by atoms with E-state index in [-0.39, 0.29) is 34.3 Å². The predicted molar refractivity (Wildman–Crippen MR) is 130 cm³/mol. The minimum atomic E-state index is -4.47. The van der Waals surface area contributed by atoms with Gasteiger partial charge in [-0.3, -0.25) is 9.69 Å². The molecule has 35 heavy (non-hydrogen) atoms. The number of hydrogen-bond acceptors (Lipinski definition) is 8. The first-order valence-electron chi connectivity index (χ1n) is 10.0. The van der Waals surface area contributed by atoms with Crippen molar-refractivity contribution in [1.29, 1.82) is 0 Å². The van der Waals surface area contributed by atoms with Crippen LogP contribution in [0.2, 0.25) is 5.02 Å². The Morgan fingerprint density at radius 1 is 1.03 bits per heavy atom. The molecule has 1 aromatic heterocycles. The van der Waals surface area contributed by atoms with Gasteiger partial charge in [0.25, 0.3) is 0 Å². The van der Waals surface area contributed by atoms with Crippen molar-refractivity contribution in [2.24, 2.45) is 0 Å². The van der Waals surface area contributed by atoms with Gasteiger partial charge in [0, 0.05) is 28.9 Å². The molecule has 180 valence electrons. The maximum Gasteiger partial charge on any atom is 0.584 e. The summed E-state index contributed by atoms with van der Waals surface area (Å²) in [6.07, 6.45) is -0.178. The van der Waals surface area contributed by atoms with Gasteiger partial charge in [0.05, 0.1) is 11.4 Å². The minimum absolute atomic E-state index is 0.0328. The number of nitrogen functional groups attached to an aromatic ring is 1. The lowest BCUT2D eigenvalue weighted by Crippen LogP contribution is -2.15. The first kappa shape index (κ1) is 24.2. The molecule has 12 heteroatoms. The van der Waals surface area contributed by atoms with Gasteiger partial charge in [-0.05, 0) is 60.2 Å². The van der Waals surface area contributed by atoms with E-state index < -0.39 is 19.4 Å². The summed E-state index contributed by atoms with van der Waals surface area (Å²) in [5, 5.41) is 12.8. The van der Waals surface area contributed by atoms with Crippen molar-refractivity contribution in [2.75, 3.05) is 11.1 Å². The van der Waals surface area contributed by atoms with E-state index in [0.717, 1.165) is 0 Å². The highest BCUT2D eigenvalue weighted by molar-refractivity contribution is 7.48. The zero-order valence-corrected chi connectivity index (χ0v) is 19.5. The number of phenolic OH excluding ortho intramolecular Hbond substituents is 1. The summed E-state index contributed by atoms with van der Waals surface area (Å²) in [6.45, 7) is 0. The number of nitrogens with two attached hydrogens (primary N) is 1. The van der Waals surface area contributed by atoms with Crippen LogP contribution in [0.15, 0.2) is 75.9 Å². The molecule has 1 unspecified atom stereocenters. The molecule has 0 fully saturated rings. The van der Waals surface area contributed by atoms with Gasteiger partial charge < -0.3 is 29.6 Å². The molecule has 0 spiro atoms. The van der Waals surface area contributed by atoms with Gasteiger partial charge in [0.1, 0.15) is 22.8 Å². The lowest BCUT2D eigenvalue weighted by atomic mass is 10.1. The summed E-state index contributed by atoms with van der Waals surface area (Å²) in [5.74, 6) is -0.565. The Morgan fingerprint density at radius 2 is 1.63 bits per heavy atom. The second kappa shape index (κ2) is 9.71. The number of fused-ring (bicyclic) bond motifs is 1. The molecule has 0 aliphatic rings. The van der Waals surface area contributed by atoms with Gasteiger partial charge in [-0.15, -0.1) is 0 Å². The molecule has 1 amide bonds. The number of nitrogens with one attached hydrogen (secondary N) is 1. The molecule has 0 saturated carbocycles. The average molecular weight is 517 g/mol. The Kier molecular flexibility index (Phi) is 6.70. The van der Waals surface area contributed by atoms with Crippen LogP contribution in [0.5, 0.6) is 17.2 Å². The zero-order chi connectivity index (χ0) is 25.2. The summed E-state index contributed by atoms with van der Waals surface area (Å²) in [7, 11) is -4.47. The lowest BCUT2D eigenvalue weighted by molar-refractivity contribution is -0.115. The maximum atomic E-state index is 12.6. The van der Waals surface area contributed by atoms with Crippen LogP contribution in [0.25, 0.3) is 11.0 Å². The van der Waals surface area contributed by atoms with Crippen molar-refractivity contribution in [2.45, 2.75) is 6.42 Å². The largest absolute Gasteiger partial charge is 0.584 e. The van der Waals surface area contributed by atoms with E-state index in [0.29, 0.717) is 22.3 Å². The molecule has 0 radical (unpaired) electrons. The lowest BCUT2D eigenvalue weighted by Gasteiger charge is -2.14. The molecule has 1 atom stereocenters. The fraction of sp³-hybridized carbons (Fsp3) is 0.0435. The second-order valence-corrected chi connectivity index (χ2v) is 9.07. The van der Waals surface area contributed by atoms with Gasteiger partial charge in [0.15, 0.2) is 0 Å². The van der Waals surface area contributed by atoms with Gasteiger partial charge in [0.2, 0.25) is 5.91 Å². The smallest absolute Gasteiger partial charge is 0.506 e. The summed E-state index contributed by atoms with van der Waals surface area (Å²) in [5.41, 5.74) is 6.18. The minimum Gasteiger partial charge on any atom is -0.506 e. The second-order valence-electron chi connectivity index (χ2n) is 7.36. The van der Waals surface area contributed by atoms with Crippen LogP contribution in [0, 0.1) is 0 Å². The summed E-state index contributed by atoms with van der Waals surface area (Å²) in [4.78, 5) is 34.4. The van der Waals surface area contributed by atoms with Crippen LogP contribution in [0.3, 0.4) is 0 Å². The Bertz CT molecular complexity index is 1500. The van der Waals surface area contributed by atoms with E-state index >= 15 is 0 Å². The SMILES string of the molecule is Nc1ccc(OP(=O)(O)Oc2ccc(NC(=O)Cc3cc(=O)oc4cc(O)c(Cl)cc34)cc2)cc1. The van der Waals surface area contributed by atoms with E-state index in [2.05, 4.69) is 5.32 Å². The van der Waals surface area contributed by atoms with E-state index in [1.165, 1.54) is 66.7 Å². The number of halogens is 1. The molecule has 0 saturated heterocycles. The molecule has 1 heterocycles. The number of hydrogen-bond donors (Lipinski definition) is 4. The molecule has 3 aromatic carbocycles. The van der Waals surface area contributed by atoms with Crippen LogP contribution in [0.4, 0.5) is 11.4 Å². The van der Waals surface area contributed by atoms with Crippen molar-refractivity contribution in [1.82, 2.24) is 0 Å². The third-order valence-electron chi connectivity index (χ3n) is 4.71. The number of carbonyl (C=O) groups is 1. The summed E-state index contributed by atoms with van der Waals surface area (Å²) >= 11 is 5.94. The molecule has 0 bridgehead atoms. The quantitative estimate of drug-likeness (QED) is 0.158. The normalized spacial score (nSPS) is 12.6. The van der Waals surface area contributed by atoms with Crippen LogP contribution in [-0.2, 0) is 15.8 Å². The molecular formula is C23H18ClN2O8P. The number of aromatic hydroxyl groups is 1. The van der Waals surface area contributed by atoms with Crippen LogP contribution >= 0.6 is 19.4 Å². The summed E-state index contributed by atoms with van der Waals surface area (Å²) in [6, 6.07) is 15.3. The Balaban J connectivity index is 1.42. The molecule has 0 aliphatic heterocycles. The molecule has 5 N–H and O–H groups in total. The molecule has 0 aliphatic carbocycles. The first-order chi connectivity index (χ1) is 16.6. The standard InChI is InChI=1S/C23H18ClN2O8P/c24-19-11-18-13(10-23(29)32-21(18)12-20(19)27)9-22(28)26-15-3-7-17(8-4-15)34-35(30,31)33-16-5-1-14(25)2-6-16/h1-8,10-12,27H,9,25H2,(H,26,28)(H,30,31). The van der Waals surface area contributed by atoms with Crippen molar-refractivity contribution in [3.05, 3.63) is 87.7 Å². The van der Waals surface area contributed by atoms with E-state index in [9.17, 15) is 24.2 Å². The van der Waals surface area contributed by atoms with Crippen molar-refractivity contribution in [3.8, 4) is 17.2 Å². The Morgan fingerprint density at radius 3 is 2.26 bits per heavy atom. The number of anilines is 2. The highest BCUT2D eigenvalue weighted by atomic mass is 35.5. The fourth-order valence-corrected chi connectivity index (χ4v) is 4.15. The number of phosphoric acid groups is 1. The van der Waals surface area contributed by atoms with Crippen molar-refractivity contribution >= 4 is 47.7 Å². The Labute approximate surface area is 203 Å². The molecular weight excluding hydrogens is 499 g/mol. The van der Waals surface area contributed by atoms with Gasteiger partial charge in [-0.1, -0.05) is 11.6 Å². The average Bonchev–Trinajstić information content (AvgIpc) is 2.77. The highest BCUT2D eigenvalue weighted by Gasteiger charge is 2.25. The zero-order valence-electron chi connectivity index (χ0n) is 17.8. The molecule has 10 nitrogen and oxygen atoms in total. The number of phosphoric ester groups is 1. The third kappa shape index (κ3) is 6.13. The maximum absolute atomic E-state index is 12.6. The van der Waals surface area contributed by atoms with E-state index in [1.807, 2.05) is 0 Å².